The van der Waals surface area contributed by atoms with Gasteiger partial charge in [-0.3, -0.25) is 4.79 Å². The lowest BCUT2D eigenvalue weighted by atomic mass is 10.1. The number of benzene rings is 2. The fraction of sp³-hybridized carbons (Fsp3) is 0.188. The Hall–Kier alpha value is -1.56. The first-order valence-corrected chi connectivity index (χ1v) is 7.59. The van der Waals surface area contributed by atoms with E-state index in [1.54, 1.807) is 0 Å². The van der Waals surface area contributed by atoms with Crippen LogP contribution in [0.25, 0.3) is 0 Å². The molecule has 0 heterocycles. The Balaban J connectivity index is 2.06. The molecule has 1 amide bonds. The summed E-state index contributed by atoms with van der Waals surface area (Å²) in [7, 11) is 0. The lowest BCUT2D eigenvalue weighted by Gasteiger charge is -2.10. The van der Waals surface area contributed by atoms with Crippen LogP contribution < -0.4 is 11.1 Å². The quantitative estimate of drug-likeness (QED) is 0.629. The number of anilines is 2. The van der Waals surface area contributed by atoms with E-state index in [0.29, 0.717) is 12.1 Å². The van der Waals surface area contributed by atoms with Crippen molar-refractivity contribution in [2.24, 2.45) is 0 Å². The van der Waals surface area contributed by atoms with Crippen LogP contribution in [0.5, 0.6) is 0 Å². The molecule has 0 bridgehead atoms. The van der Waals surface area contributed by atoms with Crippen LogP contribution in [0, 0.1) is 3.57 Å². The molecule has 0 aliphatic rings. The number of carbonyl (C=O) groups excluding carboxylic acids is 1. The molecule has 2 rings (SSSR count). The third-order valence-corrected chi connectivity index (χ3v) is 3.74. The molecule has 0 unspecified atom stereocenters. The van der Waals surface area contributed by atoms with Gasteiger partial charge >= 0.3 is 0 Å². The zero-order valence-electron chi connectivity index (χ0n) is 11.3. The van der Waals surface area contributed by atoms with Gasteiger partial charge in [-0.2, -0.15) is 0 Å². The molecule has 2 aromatic carbocycles. The molecule has 2 aromatic rings. The summed E-state index contributed by atoms with van der Waals surface area (Å²) in [6.45, 7) is 2.08. The van der Waals surface area contributed by atoms with Gasteiger partial charge in [-0.1, -0.05) is 19.1 Å². The fourth-order valence-electron chi connectivity index (χ4n) is 1.99. The Morgan fingerprint density at radius 2 is 1.90 bits per heavy atom. The smallest absolute Gasteiger partial charge is 0.228 e. The maximum atomic E-state index is 12.1. The van der Waals surface area contributed by atoms with E-state index in [2.05, 4.69) is 40.9 Å². The van der Waals surface area contributed by atoms with Gasteiger partial charge in [0.15, 0.2) is 0 Å². The molecule has 3 nitrogen and oxygen atoms in total. The summed E-state index contributed by atoms with van der Waals surface area (Å²) in [5.74, 6) is -0.00863. The number of nitrogens with two attached hydrogens (primary N) is 1. The maximum Gasteiger partial charge on any atom is 0.228 e. The van der Waals surface area contributed by atoms with Gasteiger partial charge in [0, 0.05) is 14.9 Å². The number of carbonyl (C=O) groups is 1. The minimum atomic E-state index is -0.00863. The summed E-state index contributed by atoms with van der Waals surface area (Å²) >= 11 is 2.28. The Morgan fingerprint density at radius 3 is 2.55 bits per heavy atom. The number of halogens is 1. The number of nitrogen functional groups attached to an aromatic ring is 1. The van der Waals surface area contributed by atoms with E-state index in [-0.39, 0.29) is 5.91 Å². The Bertz CT molecular complexity index is 608. The molecule has 0 aliphatic carbocycles. The van der Waals surface area contributed by atoms with Crippen LogP contribution in [0.3, 0.4) is 0 Å². The van der Waals surface area contributed by atoms with Gasteiger partial charge in [0.2, 0.25) is 5.91 Å². The van der Waals surface area contributed by atoms with Crippen molar-refractivity contribution in [1.29, 1.82) is 0 Å². The molecule has 0 aromatic heterocycles. The lowest BCUT2D eigenvalue weighted by Crippen LogP contribution is -2.15. The Morgan fingerprint density at radius 1 is 1.20 bits per heavy atom. The minimum Gasteiger partial charge on any atom is -0.399 e. The summed E-state index contributed by atoms with van der Waals surface area (Å²) in [4.78, 5) is 12.1. The number of rotatable bonds is 4. The number of hydrogen-bond donors (Lipinski definition) is 2. The Kier molecular flexibility index (Phi) is 5.00. The van der Waals surface area contributed by atoms with Gasteiger partial charge in [0.1, 0.15) is 0 Å². The molecular formula is C16H17IN2O. The normalized spacial score (nSPS) is 10.3. The topological polar surface area (TPSA) is 55.1 Å². The van der Waals surface area contributed by atoms with Crippen molar-refractivity contribution in [3.05, 3.63) is 57.2 Å². The number of hydrogen-bond acceptors (Lipinski definition) is 2. The summed E-state index contributed by atoms with van der Waals surface area (Å²) in [6.07, 6.45) is 1.25. The van der Waals surface area contributed by atoms with Gasteiger partial charge in [0.25, 0.3) is 0 Å². The van der Waals surface area contributed by atoms with Crippen molar-refractivity contribution in [2.75, 3.05) is 11.1 Å². The average Bonchev–Trinajstić information content (AvgIpc) is 2.43. The molecule has 0 radical (unpaired) electrons. The number of aryl methyl sites for hydroxylation is 1. The van der Waals surface area contributed by atoms with Gasteiger partial charge in [-0.05, 0) is 70.5 Å². The van der Waals surface area contributed by atoms with Crippen LogP contribution >= 0.6 is 22.6 Å². The van der Waals surface area contributed by atoms with E-state index in [9.17, 15) is 4.79 Å². The Labute approximate surface area is 132 Å². The average molecular weight is 380 g/mol. The zero-order chi connectivity index (χ0) is 14.5. The third kappa shape index (κ3) is 3.96. The molecule has 20 heavy (non-hydrogen) atoms. The number of amides is 1. The van der Waals surface area contributed by atoms with E-state index >= 15 is 0 Å². The molecule has 0 saturated heterocycles. The van der Waals surface area contributed by atoms with Crippen LogP contribution in [0.1, 0.15) is 18.1 Å². The van der Waals surface area contributed by atoms with Gasteiger partial charge in [-0.15, -0.1) is 0 Å². The highest BCUT2D eigenvalue weighted by Crippen LogP contribution is 2.19. The highest BCUT2D eigenvalue weighted by atomic mass is 127. The van der Waals surface area contributed by atoms with Crippen molar-refractivity contribution in [3.63, 3.8) is 0 Å². The largest absolute Gasteiger partial charge is 0.399 e. The molecular weight excluding hydrogens is 363 g/mol. The van der Waals surface area contributed by atoms with E-state index in [1.807, 2.05) is 36.4 Å². The van der Waals surface area contributed by atoms with Crippen molar-refractivity contribution >= 4 is 39.9 Å². The van der Waals surface area contributed by atoms with Crippen LogP contribution in [-0.4, -0.2) is 5.91 Å². The van der Waals surface area contributed by atoms with Gasteiger partial charge < -0.3 is 11.1 Å². The predicted octanol–water partition coefficient (Wildman–Crippen LogP) is 3.62. The third-order valence-electron chi connectivity index (χ3n) is 3.07. The second kappa shape index (κ2) is 6.74. The second-order valence-electron chi connectivity index (χ2n) is 4.62. The standard InChI is InChI=1S/C16H17IN2O/c1-2-12-10-13(17)5-8-15(12)19-16(20)9-11-3-6-14(18)7-4-11/h3-8,10H,2,9,18H2,1H3,(H,19,20). The van der Waals surface area contributed by atoms with Crippen molar-refractivity contribution in [1.82, 2.24) is 0 Å². The predicted molar refractivity (Wildman–Crippen MR) is 91.7 cm³/mol. The second-order valence-corrected chi connectivity index (χ2v) is 5.87. The van der Waals surface area contributed by atoms with E-state index in [4.69, 9.17) is 5.73 Å². The first-order valence-electron chi connectivity index (χ1n) is 6.51. The summed E-state index contributed by atoms with van der Waals surface area (Å²) < 4.78 is 1.18. The molecule has 3 N–H and O–H groups in total. The molecule has 4 heteroatoms. The molecule has 104 valence electrons. The summed E-state index contributed by atoms with van der Waals surface area (Å²) in [6, 6.07) is 13.4. The molecule has 0 spiro atoms. The maximum absolute atomic E-state index is 12.1. The first-order chi connectivity index (χ1) is 9.58. The fourth-order valence-corrected chi connectivity index (χ4v) is 2.55. The zero-order valence-corrected chi connectivity index (χ0v) is 13.5. The molecule has 0 saturated carbocycles. The van der Waals surface area contributed by atoms with Crippen molar-refractivity contribution in [2.45, 2.75) is 19.8 Å². The van der Waals surface area contributed by atoms with Crippen LogP contribution in [0.15, 0.2) is 42.5 Å². The molecule has 0 fully saturated rings. The monoisotopic (exact) mass is 380 g/mol. The minimum absolute atomic E-state index is 0.00863. The van der Waals surface area contributed by atoms with E-state index in [1.165, 1.54) is 3.57 Å². The van der Waals surface area contributed by atoms with Gasteiger partial charge in [0.05, 0.1) is 6.42 Å². The van der Waals surface area contributed by atoms with E-state index < -0.39 is 0 Å². The summed E-state index contributed by atoms with van der Waals surface area (Å²) in [5.41, 5.74) is 9.35. The lowest BCUT2D eigenvalue weighted by molar-refractivity contribution is -0.115. The number of nitrogens with one attached hydrogen (secondary N) is 1. The van der Waals surface area contributed by atoms with Gasteiger partial charge in [-0.25, -0.2) is 0 Å². The van der Waals surface area contributed by atoms with Crippen LogP contribution in [-0.2, 0) is 17.6 Å². The van der Waals surface area contributed by atoms with Crippen molar-refractivity contribution < 1.29 is 4.79 Å². The molecule has 0 atom stereocenters. The first kappa shape index (κ1) is 14.8. The highest BCUT2D eigenvalue weighted by Gasteiger charge is 2.07. The SMILES string of the molecule is CCc1cc(I)ccc1NC(=O)Cc1ccc(N)cc1. The van der Waals surface area contributed by atoms with Crippen molar-refractivity contribution in [3.8, 4) is 0 Å². The van der Waals surface area contributed by atoms with Crippen LogP contribution in [0.2, 0.25) is 0 Å². The van der Waals surface area contributed by atoms with Crippen LogP contribution in [0.4, 0.5) is 11.4 Å². The summed E-state index contributed by atoms with van der Waals surface area (Å²) in [5, 5.41) is 2.98. The van der Waals surface area contributed by atoms with E-state index in [0.717, 1.165) is 23.2 Å². The highest BCUT2D eigenvalue weighted by molar-refractivity contribution is 14.1. The molecule has 0 aliphatic heterocycles.